The average Bonchev–Trinajstić information content (AvgIpc) is 2.91. The molecule has 0 aliphatic carbocycles. The molecule has 0 fully saturated rings. The van der Waals surface area contributed by atoms with E-state index in [0.717, 1.165) is 21.9 Å². The summed E-state index contributed by atoms with van der Waals surface area (Å²) in [5.41, 5.74) is 1.88. The van der Waals surface area contributed by atoms with Crippen LogP contribution in [0.15, 0.2) is 72.8 Å². The van der Waals surface area contributed by atoms with Crippen LogP contribution in [0.25, 0.3) is 10.8 Å². The molecule has 3 aromatic carbocycles. The van der Waals surface area contributed by atoms with Gasteiger partial charge in [-0.3, -0.25) is 9.32 Å². The second kappa shape index (κ2) is 13.6. The maximum atomic E-state index is 12.7. The van der Waals surface area contributed by atoms with Gasteiger partial charge in [-0.05, 0) is 34.7 Å². The minimum Gasteiger partial charge on any atom is -0.469 e. The van der Waals surface area contributed by atoms with Gasteiger partial charge in [0.25, 0.3) is 0 Å². The Morgan fingerprint density at radius 1 is 0.971 bits per heavy atom. The number of benzene rings is 3. The lowest BCUT2D eigenvalue weighted by Crippen LogP contribution is -2.40. The lowest BCUT2D eigenvalue weighted by atomic mass is 9.80. The summed E-state index contributed by atoms with van der Waals surface area (Å²) in [6, 6.07) is 23.1. The van der Waals surface area contributed by atoms with E-state index >= 15 is 0 Å². The molecule has 3 unspecified atom stereocenters. The number of esters is 1. The van der Waals surface area contributed by atoms with Gasteiger partial charge in [0.1, 0.15) is 6.61 Å². The summed E-state index contributed by atoms with van der Waals surface area (Å²) in [6.45, 7) is 2.07. The Labute approximate surface area is 207 Å². The van der Waals surface area contributed by atoms with Crippen LogP contribution in [0.5, 0.6) is 0 Å². The van der Waals surface area contributed by atoms with E-state index in [1.165, 1.54) is 7.11 Å². The highest BCUT2D eigenvalue weighted by Gasteiger charge is 2.32. The van der Waals surface area contributed by atoms with E-state index in [2.05, 4.69) is 5.32 Å². The minimum absolute atomic E-state index is 0.0616. The fourth-order valence-corrected chi connectivity index (χ4v) is 4.55. The van der Waals surface area contributed by atoms with Gasteiger partial charge in [-0.25, -0.2) is 9.36 Å². The zero-order chi connectivity index (χ0) is 25.0. The van der Waals surface area contributed by atoms with Crippen LogP contribution < -0.4 is 5.32 Å². The summed E-state index contributed by atoms with van der Waals surface area (Å²) >= 11 is 0. The van der Waals surface area contributed by atoms with Crippen LogP contribution >= 0.6 is 8.69 Å². The summed E-state index contributed by atoms with van der Waals surface area (Å²) in [4.78, 5) is 25.3. The number of amides is 1. The molecule has 0 aliphatic rings. The van der Waals surface area contributed by atoms with Gasteiger partial charge >= 0.3 is 20.7 Å². The molecule has 1 amide bonds. The van der Waals surface area contributed by atoms with Crippen molar-refractivity contribution in [2.75, 3.05) is 13.7 Å². The quantitative estimate of drug-likeness (QED) is 0.244. The number of alkyl carbamates (subject to hydrolysis) is 1. The van der Waals surface area contributed by atoms with E-state index in [-0.39, 0.29) is 25.2 Å². The van der Waals surface area contributed by atoms with Crippen molar-refractivity contribution in [3.63, 3.8) is 0 Å². The Morgan fingerprint density at radius 2 is 1.69 bits per heavy atom. The molecular weight excluding hydrogens is 465 g/mol. The molecule has 35 heavy (non-hydrogen) atoms. The van der Waals surface area contributed by atoms with Crippen LogP contribution in [0, 0.1) is 5.92 Å². The maximum absolute atomic E-state index is 12.7. The first-order valence-corrected chi connectivity index (χ1v) is 12.3. The number of carbonyl (C=O) groups excluding carboxylic acids is 2. The van der Waals surface area contributed by atoms with E-state index in [1.807, 2.05) is 79.7 Å². The Hall–Kier alpha value is -3.28. The Kier molecular flexibility index (Phi) is 10.2. The minimum atomic E-state index is -0.665. The van der Waals surface area contributed by atoms with E-state index < -0.39 is 26.7 Å². The molecule has 0 spiro atoms. The molecule has 0 aliphatic heterocycles. The van der Waals surface area contributed by atoms with Crippen LogP contribution in [0.4, 0.5) is 4.79 Å². The third-order valence-corrected chi connectivity index (χ3v) is 6.32. The summed E-state index contributed by atoms with van der Waals surface area (Å²) in [5, 5.41) is 5.09. The van der Waals surface area contributed by atoms with Crippen LogP contribution in [-0.2, 0) is 30.0 Å². The second-order valence-electron chi connectivity index (χ2n) is 8.22. The predicted octanol–water partition coefficient (Wildman–Crippen LogP) is 6.03. The maximum Gasteiger partial charge on any atom is 0.407 e. The van der Waals surface area contributed by atoms with Crippen molar-refractivity contribution >= 4 is 31.5 Å². The molecule has 3 atom stereocenters. The van der Waals surface area contributed by atoms with E-state index in [1.54, 1.807) is 0 Å². The van der Waals surface area contributed by atoms with Crippen molar-refractivity contribution in [3.05, 3.63) is 83.9 Å². The molecule has 0 radical (unpaired) electrons. The molecule has 0 bridgehead atoms. The number of methoxy groups -OCH3 is 1. The Bertz CT molecular complexity index is 1120. The second-order valence-corrected chi connectivity index (χ2v) is 8.63. The number of rotatable bonds is 12. The van der Waals surface area contributed by atoms with Crippen molar-refractivity contribution in [2.45, 2.75) is 38.3 Å². The number of hydrogen-bond donors (Lipinski definition) is 1. The van der Waals surface area contributed by atoms with Gasteiger partial charge in [0.2, 0.25) is 0 Å². The Morgan fingerprint density at radius 3 is 2.40 bits per heavy atom. The highest BCUT2D eigenvalue weighted by atomic mass is 31.1. The third-order valence-electron chi connectivity index (χ3n) is 6.07. The summed E-state index contributed by atoms with van der Waals surface area (Å²) in [5.74, 6) is -1.38. The van der Waals surface area contributed by atoms with E-state index in [4.69, 9.17) is 14.0 Å². The molecule has 184 valence electrons. The van der Waals surface area contributed by atoms with Crippen molar-refractivity contribution in [2.24, 2.45) is 5.92 Å². The average molecular weight is 496 g/mol. The highest BCUT2D eigenvalue weighted by molar-refractivity contribution is 7.17. The van der Waals surface area contributed by atoms with Crippen LogP contribution in [0.3, 0.4) is 0 Å². The van der Waals surface area contributed by atoms with Crippen LogP contribution in [0.1, 0.15) is 36.8 Å². The number of fused-ring (bicyclic) bond motifs is 1. The first-order valence-electron chi connectivity index (χ1n) is 11.5. The van der Waals surface area contributed by atoms with Crippen molar-refractivity contribution < 1.29 is 28.2 Å². The first-order chi connectivity index (χ1) is 17.1. The highest BCUT2D eigenvalue weighted by Crippen LogP contribution is 2.35. The molecule has 0 aromatic heterocycles. The lowest BCUT2D eigenvalue weighted by molar-refractivity contribution is -0.146. The Balaban J connectivity index is 1.89. The van der Waals surface area contributed by atoms with Gasteiger partial charge in [0, 0.05) is 12.0 Å². The molecule has 8 heteroatoms. The first kappa shape index (κ1) is 26.3. The summed E-state index contributed by atoms with van der Waals surface area (Å²) in [6.07, 6.45) is 0.395. The van der Waals surface area contributed by atoms with Gasteiger partial charge in [0.15, 0.2) is 0 Å². The normalized spacial score (nSPS) is 13.7. The topological polar surface area (TPSA) is 90.9 Å². The standard InChI is InChI=1S/C27H30NO6P/c1-3-25(28-27(30)33-17-19-10-5-4-6-11-19)24(16-21(18-34-35-31)26(29)32-2)23-15-9-13-20-12-7-8-14-22(20)23/h4-15,21,24-25H,3,16-18H2,1-2H3,(H,28,30). The lowest BCUT2D eigenvalue weighted by Gasteiger charge is -2.30. The molecule has 3 rings (SSSR count). The van der Waals surface area contributed by atoms with Crippen LogP contribution in [0.2, 0.25) is 0 Å². The zero-order valence-corrected chi connectivity index (χ0v) is 20.8. The summed E-state index contributed by atoms with van der Waals surface area (Å²) in [7, 11) is 0.807. The largest absolute Gasteiger partial charge is 0.469 e. The van der Waals surface area contributed by atoms with Gasteiger partial charge in [0.05, 0.1) is 19.6 Å². The summed E-state index contributed by atoms with van der Waals surface area (Å²) < 4.78 is 26.4. The van der Waals surface area contributed by atoms with Gasteiger partial charge in [-0.2, -0.15) is 0 Å². The number of carbonyl (C=O) groups is 2. The van der Waals surface area contributed by atoms with E-state index in [0.29, 0.717) is 12.8 Å². The smallest absolute Gasteiger partial charge is 0.407 e. The molecule has 3 aromatic rings. The van der Waals surface area contributed by atoms with Crippen molar-refractivity contribution in [3.8, 4) is 0 Å². The molecular formula is C27H30NO6P. The van der Waals surface area contributed by atoms with Crippen molar-refractivity contribution in [1.82, 2.24) is 5.32 Å². The molecule has 0 heterocycles. The molecule has 0 saturated carbocycles. The monoisotopic (exact) mass is 495 g/mol. The van der Waals surface area contributed by atoms with Gasteiger partial charge < -0.3 is 14.8 Å². The number of ether oxygens (including phenoxy) is 2. The molecule has 1 N–H and O–H groups in total. The zero-order valence-electron chi connectivity index (χ0n) is 19.9. The van der Waals surface area contributed by atoms with Crippen molar-refractivity contribution in [1.29, 1.82) is 0 Å². The molecule has 0 saturated heterocycles. The molecule has 7 nitrogen and oxygen atoms in total. The number of nitrogens with one attached hydrogen (secondary N) is 1. The fourth-order valence-electron chi connectivity index (χ4n) is 4.31. The number of hydrogen-bond acceptors (Lipinski definition) is 6. The van der Waals surface area contributed by atoms with Crippen LogP contribution in [-0.4, -0.2) is 31.8 Å². The third kappa shape index (κ3) is 7.35. The SMILES string of the molecule is CCC(NC(=O)OCc1ccccc1)C(CC(COP=O)C(=O)OC)c1cccc2ccccc12. The van der Waals surface area contributed by atoms with Gasteiger partial charge in [-0.15, -0.1) is 0 Å². The fraction of sp³-hybridized carbons (Fsp3) is 0.333. The predicted molar refractivity (Wildman–Crippen MR) is 134 cm³/mol. The van der Waals surface area contributed by atoms with E-state index in [9.17, 15) is 14.2 Å². The van der Waals surface area contributed by atoms with Gasteiger partial charge in [-0.1, -0.05) is 79.7 Å².